The van der Waals surface area contributed by atoms with Gasteiger partial charge in [0.1, 0.15) is 0 Å². The van der Waals surface area contributed by atoms with E-state index in [0.717, 1.165) is 0 Å². The first-order chi connectivity index (χ1) is 10.1. The fourth-order valence-corrected chi connectivity index (χ4v) is 1.85. The minimum Gasteiger partial charge on any atom is -0.481 e. The van der Waals surface area contributed by atoms with E-state index in [1.165, 1.54) is 16.7 Å². The Hall–Kier alpha value is -2.20. The molecule has 0 heterocycles. The zero-order valence-electron chi connectivity index (χ0n) is 12.1. The molecule has 0 radical (unpaired) electrons. The number of aliphatic carboxylic acids is 4. The van der Waals surface area contributed by atoms with Gasteiger partial charge in [-0.05, 0) is 6.92 Å². The van der Waals surface area contributed by atoms with Crippen molar-refractivity contribution in [3.63, 3.8) is 0 Å². The summed E-state index contributed by atoms with van der Waals surface area (Å²) < 4.78 is 0. The van der Waals surface area contributed by atoms with Gasteiger partial charge in [-0.3, -0.25) is 29.0 Å². The van der Waals surface area contributed by atoms with Crippen LogP contribution in [-0.2, 0) is 19.2 Å². The molecule has 0 atom stereocenters. The number of hydrogen-bond acceptors (Lipinski definition) is 6. The van der Waals surface area contributed by atoms with E-state index < -0.39 is 43.1 Å². The van der Waals surface area contributed by atoms with Gasteiger partial charge in [-0.1, -0.05) is 0 Å². The fourth-order valence-electron chi connectivity index (χ4n) is 1.85. The van der Waals surface area contributed by atoms with Gasteiger partial charge in [0.15, 0.2) is 0 Å². The lowest BCUT2D eigenvalue weighted by atomic mass is 10.2. The van der Waals surface area contributed by atoms with Crippen LogP contribution in [0.2, 0.25) is 0 Å². The maximum absolute atomic E-state index is 10.9. The van der Waals surface area contributed by atoms with Gasteiger partial charge < -0.3 is 20.4 Å². The largest absolute Gasteiger partial charge is 0.481 e. The van der Waals surface area contributed by atoms with Gasteiger partial charge in [0.25, 0.3) is 0 Å². The van der Waals surface area contributed by atoms with Crippen molar-refractivity contribution in [3.8, 4) is 0 Å². The Labute approximate surface area is 126 Å². The normalized spacial score (nSPS) is 11.1. The molecule has 0 amide bonds. The second-order valence-electron chi connectivity index (χ2n) is 4.65. The molecule has 0 aromatic carbocycles. The molecule has 0 aliphatic heterocycles. The Kier molecular flexibility index (Phi) is 8.72. The second kappa shape index (κ2) is 9.68. The highest BCUT2D eigenvalue weighted by molar-refractivity contribution is 5.70. The lowest BCUT2D eigenvalue weighted by Crippen LogP contribution is -2.51. The summed E-state index contributed by atoms with van der Waals surface area (Å²) in [6.45, 7) is 0.378. The average molecular weight is 320 g/mol. The Morgan fingerprint density at radius 1 is 0.727 bits per heavy atom. The molecule has 0 unspecified atom stereocenters. The summed E-state index contributed by atoms with van der Waals surface area (Å²) in [6.07, 6.45) is -1.35. The molecular weight excluding hydrogens is 300 g/mol. The first-order valence-electron chi connectivity index (χ1n) is 6.48. The minimum absolute atomic E-state index is 0.0913. The average Bonchev–Trinajstić information content (AvgIpc) is 2.37. The molecule has 0 saturated heterocycles. The number of rotatable bonds is 12. The van der Waals surface area contributed by atoms with E-state index in [-0.39, 0.29) is 25.9 Å². The van der Waals surface area contributed by atoms with Crippen LogP contribution in [0.5, 0.6) is 0 Å². The summed E-state index contributed by atoms with van der Waals surface area (Å²) in [6, 6.07) is 0. The van der Waals surface area contributed by atoms with Crippen LogP contribution < -0.4 is 0 Å². The quantitative estimate of drug-likeness (QED) is 0.331. The van der Waals surface area contributed by atoms with Gasteiger partial charge in [0, 0.05) is 13.1 Å². The van der Waals surface area contributed by atoms with Crippen LogP contribution in [0.1, 0.15) is 19.8 Å². The molecule has 0 fully saturated rings. The van der Waals surface area contributed by atoms with Crippen LogP contribution in [-0.4, -0.2) is 86.4 Å². The Morgan fingerprint density at radius 3 is 1.27 bits per heavy atom. The molecule has 0 saturated carbocycles. The van der Waals surface area contributed by atoms with E-state index >= 15 is 0 Å². The first kappa shape index (κ1) is 19.8. The summed E-state index contributed by atoms with van der Waals surface area (Å²) in [4.78, 5) is 45.5. The highest BCUT2D eigenvalue weighted by atomic mass is 16.4. The van der Waals surface area contributed by atoms with E-state index in [1.807, 2.05) is 0 Å². The van der Waals surface area contributed by atoms with Crippen molar-refractivity contribution in [1.82, 2.24) is 9.80 Å². The number of carbonyl (C=O) groups is 4. The molecule has 10 nitrogen and oxygen atoms in total. The van der Waals surface area contributed by atoms with E-state index in [2.05, 4.69) is 0 Å². The summed E-state index contributed by atoms with van der Waals surface area (Å²) in [5, 5.41) is 35.1. The van der Waals surface area contributed by atoms with Crippen molar-refractivity contribution in [2.75, 3.05) is 26.2 Å². The van der Waals surface area contributed by atoms with Crippen molar-refractivity contribution < 1.29 is 39.6 Å². The molecule has 10 heteroatoms. The topological polar surface area (TPSA) is 156 Å². The number of carboxylic acids is 4. The van der Waals surface area contributed by atoms with Crippen LogP contribution >= 0.6 is 0 Å². The SMILES string of the molecule is CC(N(CCC(=O)O)CC(=O)O)N(CCC(=O)O)CC(=O)O. The summed E-state index contributed by atoms with van der Waals surface area (Å²) in [5.41, 5.74) is 0. The molecule has 126 valence electrons. The van der Waals surface area contributed by atoms with E-state index in [4.69, 9.17) is 20.4 Å². The molecule has 0 aliphatic carbocycles. The monoisotopic (exact) mass is 320 g/mol. The van der Waals surface area contributed by atoms with Crippen LogP contribution in [0.25, 0.3) is 0 Å². The van der Waals surface area contributed by atoms with E-state index in [1.54, 1.807) is 0 Å². The third-order valence-corrected chi connectivity index (χ3v) is 2.96. The van der Waals surface area contributed by atoms with Crippen LogP contribution in [0.3, 0.4) is 0 Å². The lowest BCUT2D eigenvalue weighted by Gasteiger charge is -2.35. The maximum atomic E-state index is 10.9. The third kappa shape index (κ3) is 8.87. The van der Waals surface area contributed by atoms with Crippen molar-refractivity contribution in [2.24, 2.45) is 0 Å². The third-order valence-electron chi connectivity index (χ3n) is 2.96. The molecule has 0 aromatic rings. The first-order valence-corrected chi connectivity index (χ1v) is 6.48. The highest BCUT2D eigenvalue weighted by Gasteiger charge is 2.25. The molecule has 0 bridgehead atoms. The lowest BCUT2D eigenvalue weighted by molar-refractivity contribution is -0.146. The summed E-state index contributed by atoms with van der Waals surface area (Å²) >= 11 is 0. The minimum atomic E-state index is -1.19. The number of hydrogen-bond donors (Lipinski definition) is 4. The van der Waals surface area contributed by atoms with Crippen molar-refractivity contribution in [1.29, 1.82) is 0 Å². The van der Waals surface area contributed by atoms with Gasteiger partial charge in [-0.15, -0.1) is 0 Å². The molecule has 0 rings (SSSR count). The number of nitrogens with zero attached hydrogens (tertiary/aromatic N) is 2. The van der Waals surface area contributed by atoms with Gasteiger partial charge in [-0.25, -0.2) is 0 Å². The van der Waals surface area contributed by atoms with Crippen LogP contribution in [0.4, 0.5) is 0 Å². The molecular formula is C12H20N2O8. The highest BCUT2D eigenvalue weighted by Crippen LogP contribution is 2.08. The van der Waals surface area contributed by atoms with Crippen molar-refractivity contribution in [2.45, 2.75) is 25.9 Å². The Bertz CT molecular complexity index is 387. The molecule has 0 aliphatic rings. The Balaban J connectivity index is 4.98. The molecule has 22 heavy (non-hydrogen) atoms. The molecule has 0 spiro atoms. The van der Waals surface area contributed by atoms with E-state index in [0.29, 0.717) is 0 Å². The Morgan fingerprint density at radius 2 is 1.05 bits per heavy atom. The zero-order chi connectivity index (χ0) is 17.3. The van der Waals surface area contributed by atoms with Crippen molar-refractivity contribution in [3.05, 3.63) is 0 Å². The van der Waals surface area contributed by atoms with Gasteiger partial charge in [-0.2, -0.15) is 0 Å². The fraction of sp³-hybridized carbons (Fsp3) is 0.667. The van der Waals surface area contributed by atoms with Gasteiger partial charge in [0.2, 0.25) is 0 Å². The smallest absolute Gasteiger partial charge is 0.317 e. The molecule has 4 N–H and O–H groups in total. The molecule has 0 aromatic heterocycles. The second-order valence-corrected chi connectivity index (χ2v) is 4.65. The van der Waals surface area contributed by atoms with Crippen molar-refractivity contribution >= 4 is 23.9 Å². The van der Waals surface area contributed by atoms with Crippen LogP contribution in [0.15, 0.2) is 0 Å². The maximum Gasteiger partial charge on any atom is 0.317 e. The van der Waals surface area contributed by atoms with Gasteiger partial charge >= 0.3 is 23.9 Å². The summed E-state index contributed by atoms with van der Waals surface area (Å²) in [7, 11) is 0. The predicted molar refractivity (Wildman–Crippen MR) is 72.4 cm³/mol. The predicted octanol–water partition coefficient (Wildman–Crippen LogP) is -0.945. The zero-order valence-corrected chi connectivity index (χ0v) is 12.1. The summed E-state index contributed by atoms with van der Waals surface area (Å²) in [5.74, 6) is -4.60. The van der Waals surface area contributed by atoms with Gasteiger partial charge in [0.05, 0.1) is 32.1 Å². The van der Waals surface area contributed by atoms with Crippen LogP contribution in [0, 0.1) is 0 Å². The van der Waals surface area contributed by atoms with E-state index in [9.17, 15) is 19.2 Å². The standard InChI is InChI=1S/C12H20N2O8/c1-8(13(6-11(19)20)4-2-9(15)16)14(7-12(21)22)5-3-10(17)18/h8H,2-7H2,1H3,(H,15,16)(H,17,18)(H,19,20)(H,21,22). The number of carboxylic acid groups (broad SMARTS) is 4.